The van der Waals surface area contributed by atoms with E-state index in [0.717, 1.165) is 12.8 Å². The molecule has 0 aliphatic carbocycles. The predicted molar refractivity (Wildman–Crippen MR) is 116 cm³/mol. The van der Waals surface area contributed by atoms with Gasteiger partial charge in [-0.3, -0.25) is 0 Å². The van der Waals surface area contributed by atoms with Crippen LogP contribution in [0.15, 0.2) is 0 Å². The van der Waals surface area contributed by atoms with Crippen LogP contribution in [-0.4, -0.2) is 9.66 Å². The monoisotopic (exact) mass is 448 g/mol. The molecule has 1 N–H and O–H groups in total. The molecule has 0 radical (unpaired) electrons. The Morgan fingerprint density at radius 1 is 0.828 bits per heavy atom. The molecule has 0 aromatic carbocycles. The van der Waals surface area contributed by atoms with Gasteiger partial charge in [-0.05, 0) is 0 Å². The van der Waals surface area contributed by atoms with Crippen molar-refractivity contribution in [2.45, 2.75) is 131 Å². The molecule has 0 fully saturated rings. The van der Waals surface area contributed by atoms with Crippen LogP contribution >= 0.6 is 0 Å². The number of carbonyl (C=O) groups is 1. The predicted octanol–water partition coefficient (Wildman–Crippen LogP) is 7.49. The van der Waals surface area contributed by atoms with E-state index >= 15 is 0 Å². The number of hydrogen-bond donors (Lipinski definition) is 1. The third kappa shape index (κ3) is 11.2. The maximum absolute atomic E-state index is 12.4. The van der Waals surface area contributed by atoms with Crippen LogP contribution in [0.5, 0.6) is 0 Å². The van der Waals surface area contributed by atoms with Gasteiger partial charge in [-0.15, -0.1) is 0 Å². The summed E-state index contributed by atoms with van der Waals surface area (Å²) in [5.74, 6) is -0.243. The summed E-state index contributed by atoms with van der Waals surface area (Å²) in [7, 11) is 0. The minimum atomic E-state index is -3.85. The van der Waals surface area contributed by atoms with E-state index in [1.807, 2.05) is 13.8 Å². The van der Waals surface area contributed by atoms with Crippen LogP contribution in [0.3, 0.4) is 0 Å². The van der Waals surface area contributed by atoms with E-state index in [0.29, 0.717) is 0 Å². The van der Waals surface area contributed by atoms with Crippen molar-refractivity contribution in [1.82, 2.24) is 0 Å². The standard InChI is InChI=1S/C24H48O2.H2O.O.Ti/c1-7-8-9-10-11-12-13-14-15-16-17-18-19-20-24(6,21(2)3)23(4,5)22(25)26;;;/h21H,7-20H2,1-6H3,(H,25,26);1H2;;/q;;;+2/p-2. The van der Waals surface area contributed by atoms with Crippen LogP contribution in [0, 0.1) is 16.7 Å². The molecule has 0 spiro atoms. The summed E-state index contributed by atoms with van der Waals surface area (Å²) in [4.78, 5) is 12.4. The van der Waals surface area contributed by atoms with Crippen LogP contribution in [0.2, 0.25) is 0 Å². The van der Waals surface area contributed by atoms with Crippen molar-refractivity contribution in [3.63, 3.8) is 0 Å². The van der Waals surface area contributed by atoms with Gasteiger partial charge in [-0.2, -0.15) is 0 Å². The van der Waals surface area contributed by atoms with Crippen molar-refractivity contribution in [2.75, 3.05) is 0 Å². The molecule has 5 heteroatoms. The van der Waals surface area contributed by atoms with Crippen molar-refractivity contribution >= 4 is 5.97 Å². The summed E-state index contributed by atoms with van der Waals surface area (Å²) in [6, 6.07) is 0. The molecule has 0 heterocycles. The third-order valence-corrected chi connectivity index (χ3v) is 7.75. The summed E-state index contributed by atoms with van der Waals surface area (Å²) >= 11 is -3.85. The van der Waals surface area contributed by atoms with E-state index in [1.165, 1.54) is 77.0 Å². The zero-order valence-corrected chi connectivity index (χ0v) is 21.7. The second-order valence-electron chi connectivity index (χ2n) is 9.85. The van der Waals surface area contributed by atoms with Gasteiger partial charge < -0.3 is 0 Å². The average molecular weight is 449 g/mol. The molecule has 0 rings (SSSR count). The van der Waals surface area contributed by atoms with Gasteiger partial charge in [0.15, 0.2) is 0 Å². The summed E-state index contributed by atoms with van der Waals surface area (Å²) in [6.45, 7) is 12.4. The van der Waals surface area contributed by atoms with Crippen molar-refractivity contribution < 1.29 is 33.7 Å². The Bertz CT molecular complexity index is 462. The Balaban J connectivity index is 4.09. The molecule has 0 amide bonds. The Hall–Kier alpha value is -0.0557. The van der Waals surface area contributed by atoms with Crippen molar-refractivity contribution in [3.8, 4) is 0 Å². The van der Waals surface area contributed by atoms with Crippen LogP contribution < -0.4 is 0 Å². The van der Waals surface area contributed by atoms with Gasteiger partial charge in [-0.1, -0.05) is 45.4 Å². The van der Waals surface area contributed by atoms with E-state index in [4.69, 9.17) is 7.01 Å². The van der Waals surface area contributed by atoms with E-state index in [2.05, 4.69) is 27.7 Å². The van der Waals surface area contributed by atoms with Gasteiger partial charge in [-0.25, -0.2) is 0 Å². The third-order valence-electron chi connectivity index (χ3n) is 7.19. The molecule has 0 saturated heterocycles. The average Bonchev–Trinajstić information content (AvgIpc) is 2.64. The second kappa shape index (κ2) is 15.7. The van der Waals surface area contributed by atoms with E-state index in [-0.39, 0.29) is 11.3 Å². The van der Waals surface area contributed by atoms with Crippen molar-refractivity contribution in [2.24, 2.45) is 16.7 Å². The molecule has 1 unspecified atom stereocenters. The zero-order chi connectivity index (χ0) is 22.3. The molecule has 0 aromatic heterocycles. The molecular formula is C24H48O4Ti. The van der Waals surface area contributed by atoms with E-state index in [9.17, 15) is 8.12 Å². The Morgan fingerprint density at radius 3 is 1.55 bits per heavy atom. The minimum absolute atomic E-state index is 0.254. The van der Waals surface area contributed by atoms with Gasteiger partial charge in [0.1, 0.15) is 0 Å². The Kier molecular flexibility index (Phi) is 15.7. The van der Waals surface area contributed by atoms with Gasteiger partial charge in [0, 0.05) is 0 Å². The fraction of sp³-hybridized carbons (Fsp3) is 0.958. The van der Waals surface area contributed by atoms with Crippen molar-refractivity contribution in [1.29, 1.82) is 0 Å². The SMILES string of the molecule is CCCCCCCCCCCCCCCC(C)(C(C)C)C(C)(C)C(=O)[O][Ti](=[O])[OH]. The molecule has 1 atom stereocenters. The molecule has 0 aliphatic heterocycles. The molecule has 4 nitrogen and oxygen atoms in total. The van der Waals surface area contributed by atoms with E-state index < -0.39 is 30.0 Å². The van der Waals surface area contributed by atoms with Crippen molar-refractivity contribution in [3.05, 3.63) is 0 Å². The molecule has 0 saturated carbocycles. The first-order valence-electron chi connectivity index (χ1n) is 12.0. The van der Waals surface area contributed by atoms with Crippen LogP contribution in [0.1, 0.15) is 131 Å². The number of unbranched alkanes of at least 4 members (excludes halogenated alkanes) is 12. The zero-order valence-electron chi connectivity index (χ0n) is 20.1. The molecule has 0 aromatic rings. The van der Waals surface area contributed by atoms with Gasteiger partial charge in [0.2, 0.25) is 0 Å². The van der Waals surface area contributed by atoms with Gasteiger partial charge in [0.25, 0.3) is 0 Å². The molecule has 29 heavy (non-hydrogen) atoms. The van der Waals surface area contributed by atoms with Crippen LogP contribution in [0.4, 0.5) is 0 Å². The topological polar surface area (TPSA) is 63.6 Å². The second-order valence-corrected chi connectivity index (χ2v) is 11.0. The molecule has 0 bridgehead atoms. The quantitative estimate of drug-likeness (QED) is 0.174. The first-order chi connectivity index (χ1) is 13.6. The first-order valence-corrected chi connectivity index (χ1v) is 14.0. The van der Waals surface area contributed by atoms with Gasteiger partial charge >= 0.3 is 142 Å². The fourth-order valence-electron chi connectivity index (χ4n) is 4.27. The maximum atomic E-state index is 12.4. The first kappa shape index (κ1) is 28.9. The number of hydrogen-bond acceptors (Lipinski definition) is 3. The van der Waals surface area contributed by atoms with E-state index in [1.54, 1.807) is 0 Å². The fourth-order valence-corrected chi connectivity index (χ4v) is 4.92. The summed E-state index contributed by atoms with van der Waals surface area (Å²) in [5.41, 5.74) is -1.03. The summed E-state index contributed by atoms with van der Waals surface area (Å²) in [6.07, 6.45) is 18.1. The summed E-state index contributed by atoms with van der Waals surface area (Å²) < 4.78 is 24.9. The molecule has 172 valence electrons. The Labute approximate surface area is 187 Å². The molecule has 0 aliphatic rings. The molecular weight excluding hydrogens is 400 g/mol. The normalized spacial score (nSPS) is 14.1. The van der Waals surface area contributed by atoms with Crippen LogP contribution in [0.25, 0.3) is 0 Å². The Morgan fingerprint density at radius 2 is 1.21 bits per heavy atom. The van der Waals surface area contributed by atoms with Crippen LogP contribution in [-0.2, 0) is 30.1 Å². The number of carbonyl (C=O) groups excluding carboxylic acids is 1. The summed E-state index contributed by atoms with van der Waals surface area (Å²) in [5, 5.41) is 0. The number of rotatable bonds is 18. The van der Waals surface area contributed by atoms with Gasteiger partial charge in [0.05, 0.1) is 0 Å².